The van der Waals surface area contributed by atoms with Crippen molar-refractivity contribution in [2.45, 2.75) is 19.5 Å². The Kier molecular flexibility index (Phi) is 3.88. The maximum Gasteiger partial charge on any atom is 0.450 e. The molecule has 0 heterocycles. The topological polar surface area (TPSA) is 43.4 Å². The number of halogens is 3. The number of esters is 1. The molecule has 1 aromatic carbocycles. The Hall–Kier alpha value is -1.85. The highest BCUT2D eigenvalue weighted by molar-refractivity contribution is 5.86. The summed E-state index contributed by atoms with van der Waals surface area (Å²) in [6.07, 6.45) is -5.54. The lowest BCUT2D eigenvalue weighted by molar-refractivity contribution is -0.170. The van der Waals surface area contributed by atoms with Crippen LogP contribution in [-0.2, 0) is 16.0 Å². The minimum absolute atomic E-state index is 0.211. The number of rotatable bonds is 3. The first-order chi connectivity index (χ1) is 7.79. The van der Waals surface area contributed by atoms with E-state index >= 15 is 0 Å². The number of alkyl halides is 3. The molecular formula is C11H9F3O3. The lowest BCUT2D eigenvalue weighted by Crippen LogP contribution is -2.24. The van der Waals surface area contributed by atoms with Crippen molar-refractivity contribution in [2.75, 3.05) is 0 Å². The van der Waals surface area contributed by atoms with Gasteiger partial charge in [-0.3, -0.25) is 9.59 Å². The van der Waals surface area contributed by atoms with Gasteiger partial charge in [0.15, 0.2) is 0 Å². The molecule has 6 heteroatoms. The Balaban J connectivity index is 2.69. The van der Waals surface area contributed by atoms with Crippen molar-refractivity contribution in [1.82, 2.24) is 0 Å². The summed E-state index contributed by atoms with van der Waals surface area (Å²) < 4.78 is 40.6. The third-order valence-corrected chi connectivity index (χ3v) is 1.87. The second kappa shape index (κ2) is 4.99. The molecule has 0 unspecified atom stereocenters. The Labute approximate surface area is 95.2 Å². The summed E-state index contributed by atoms with van der Waals surface area (Å²) >= 11 is 0. The Bertz CT molecular complexity index is 421. The van der Waals surface area contributed by atoms with Gasteiger partial charge < -0.3 is 4.74 Å². The smallest absolute Gasteiger partial charge is 0.427 e. The van der Waals surface area contributed by atoms with Crippen LogP contribution in [0.4, 0.5) is 13.2 Å². The van der Waals surface area contributed by atoms with Gasteiger partial charge in [-0.05, 0) is 17.7 Å². The number of carbonyl (C=O) groups is 2. The summed E-state index contributed by atoms with van der Waals surface area (Å²) in [5.74, 6) is -2.11. The van der Waals surface area contributed by atoms with Crippen LogP contribution in [0.15, 0.2) is 24.3 Å². The van der Waals surface area contributed by atoms with Crippen LogP contribution in [0.1, 0.15) is 12.5 Å². The molecular weight excluding hydrogens is 237 g/mol. The van der Waals surface area contributed by atoms with E-state index in [2.05, 4.69) is 0 Å². The molecule has 0 saturated carbocycles. The zero-order chi connectivity index (χ0) is 13.1. The van der Waals surface area contributed by atoms with Crippen LogP contribution < -0.4 is 4.74 Å². The van der Waals surface area contributed by atoms with Crippen LogP contribution in [0.5, 0.6) is 5.75 Å². The number of benzene rings is 1. The van der Waals surface area contributed by atoms with Crippen molar-refractivity contribution in [3.05, 3.63) is 29.8 Å². The van der Waals surface area contributed by atoms with E-state index in [4.69, 9.17) is 4.74 Å². The van der Waals surface area contributed by atoms with E-state index < -0.39 is 24.3 Å². The molecule has 0 aliphatic heterocycles. The fourth-order valence-corrected chi connectivity index (χ4v) is 1.13. The summed E-state index contributed by atoms with van der Waals surface area (Å²) in [5, 5.41) is 0. The third kappa shape index (κ3) is 4.26. The molecule has 0 bridgehead atoms. The van der Waals surface area contributed by atoms with Gasteiger partial charge in [0, 0.05) is 13.3 Å². The van der Waals surface area contributed by atoms with Crippen molar-refractivity contribution in [1.29, 1.82) is 0 Å². The molecule has 3 nitrogen and oxygen atoms in total. The highest BCUT2D eigenvalue weighted by Crippen LogP contribution is 2.20. The van der Waals surface area contributed by atoms with E-state index in [1.165, 1.54) is 31.2 Å². The van der Waals surface area contributed by atoms with Crippen molar-refractivity contribution < 1.29 is 27.5 Å². The predicted octanol–water partition coefficient (Wildman–Crippen LogP) is 2.29. The SMILES string of the molecule is CC(=O)Oc1ccc(CC(=O)C(F)(F)F)cc1. The third-order valence-electron chi connectivity index (χ3n) is 1.87. The number of ether oxygens (including phenoxy) is 1. The average Bonchev–Trinajstić information content (AvgIpc) is 2.18. The second-order valence-electron chi connectivity index (χ2n) is 3.34. The van der Waals surface area contributed by atoms with Crippen LogP contribution >= 0.6 is 0 Å². The van der Waals surface area contributed by atoms with Gasteiger partial charge in [0.1, 0.15) is 5.75 Å². The van der Waals surface area contributed by atoms with Crippen molar-refractivity contribution in [3.63, 3.8) is 0 Å². The second-order valence-corrected chi connectivity index (χ2v) is 3.34. The van der Waals surface area contributed by atoms with E-state index in [0.29, 0.717) is 0 Å². The van der Waals surface area contributed by atoms with Gasteiger partial charge in [-0.25, -0.2) is 0 Å². The molecule has 0 amide bonds. The summed E-state index contributed by atoms with van der Waals surface area (Å²) in [7, 11) is 0. The van der Waals surface area contributed by atoms with Crippen molar-refractivity contribution in [2.24, 2.45) is 0 Å². The summed E-state index contributed by atoms with van der Waals surface area (Å²) in [6.45, 7) is 1.21. The Morgan fingerprint density at radius 1 is 1.18 bits per heavy atom. The standard InChI is InChI=1S/C11H9F3O3/c1-7(15)17-9-4-2-8(3-5-9)6-10(16)11(12,13)14/h2-5H,6H2,1H3. The molecule has 0 fully saturated rings. The van der Waals surface area contributed by atoms with Gasteiger partial charge in [0.05, 0.1) is 0 Å². The largest absolute Gasteiger partial charge is 0.450 e. The molecule has 0 radical (unpaired) electrons. The molecule has 0 spiro atoms. The normalized spacial score (nSPS) is 11.1. The van der Waals surface area contributed by atoms with E-state index in [1.807, 2.05) is 0 Å². The van der Waals surface area contributed by atoms with Gasteiger partial charge in [-0.1, -0.05) is 12.1 Å². The molecule has 0 aliphatic rings. The highest BCUT2D eigenvalue weighted by atomic mass is 19.4. The molecule has 1 rings (SSSR count). The summed E-state index contributed by atoms with van der Waals surface area (Å²) in [5.41, 5.74) is 0.211. The summed E-state index contributed by atoms with van der Waals surface area (Å²) in [4.78, 5) is 21.3. The number of hydrogen-bond acceptors (Lipinski definition) is 3. The molecule has 0 aromatic heterocycles. The Morgan fingerprint density at radius 2 is 1.71 bits per heavy atom. The average molecular weight is 246 g/mol. The van der Waals surface area contributed by atoms with Gasteiger partial charge >= 0.3 is 12.1 Å². The van der Waals surface area contributed by atoms with Crippen LogP contribution in [0, 0.1) is 0 Å². The number of carbonyl (C=O) groups excluding carboxylic acids is 2. The predicted molar refractivity (Wildman–Crippen MR) is 52.5 cm³/mol. The maximum absolute atomic E-state index is 12.0. The van der Waals surface area contributed by atoms with E-state index in [9.17, 15) is 22.8 Å². The molecule has 0 atom stereocenters. The molecule has 0 saturated heterocycles. The summed E-state index contributed by atoms with van der Waals surface area (Å²) in [6, 6.07) is 5.28. The number of Topliss-reactive ketones (excluding diaryl/α,β-unsaturated/α-hetero) is 1. The van der Waals surface area contributed by atoms with Crippen LogP contribution in [0.25, 0.3) is 0 Å². The molecule has 0 N–H and O–H groups in total. The van der Waals surface area contributed by atoms with E-state index in [0.717, 1.165) is 0 Å². The van der Waals surface area contributed by atoms with Crippen molar-refractivity contribution in [3.8, 4) is 5.75 Å². The Morgan fingerprint density at radius 3 is 2.12 bits per heavy atom. The van der Waals surface area contributed by atoms with E-state index in [-0.39, 0.29) is 11.3 Å². The number of hydrogen-bond donors (Lipinski definition) is 0. The van der Waals surface area contributed by atoms with Crippen molar-refractivity contribution >= 4 is 11.8 Å². The quantitative estimate of drug-likeness (QED) is 0.607. The monoisotopic (exact) mass is 246 g/mol. The fraction of sp³-hybridized carbons (Fsp3) is 0.273. The first kappa shape index (κ1) is 13.2. The van der Waals surface area contributed by atoms with Crippen LogP contribution in [-0.4, -0.2) is 17.9 Å². The minimum Gasteiger partial charge on any atom is -0.427 e. The van der Waals surface area contributed by atoms with E-state index in [1.54, 1.807) is 0 Å². The number of ketones is 1. The van der Waals surface area contributed by atoms with Crippen LogP contribution in [0.3, 0.4) is 0 Å². The van der Waals surface area contributed by atoms with Gasteiger partial charge in [0.2, 0.25) is 5.78 Å². The maximum atomic E-state index is 12.0. The molecule has 0 aliphatic carbocycles. The first-order valence-corrected chi connectivity index (χ1v) is 4.66. The molecule has 1 aromatic rings. The first-order valence-electron chi connectivity index (χ1n) is 4.66. The molecule has 92 valence electrons. The molecule has 17 heavy (non-hydrogen) atoms. The van der Waals surface area contributed by atoms with Gasteiger partial charge in [-0.15, -0.1) is 0 Å². The highest BCUT2D eigenvalue weighted by Gasteiger charge is 2.37. The van der Waals surface area contributed by atoms with Gasteiger partial charge in [-0.2, -0.15) is 13.2 Å². The lowest BCUT2D eigenvalue weighted by atomic mass is 10.1. The zero-order valence-corrected chi connectivity index (χ0v) is 8.88. The fourth-order valence-electron chi connectivity index (χ4n) is 1.13. The van der Waals surface area contributed by atoms with Gasteiger partial charge in [0.25, 0.3) is 0 Å². The zero-order valence-electron chi connectivity index (χ0n) is 8.88. The van der Waals surface area contributed by atoms with Crippen LogP contribution in [0.2, 0.25) is 0 Å². The minimum atomic E-state index is -4.82. The lowest BCUT2D eigenvalue weighted by Gasteiger charge is -2.06.